The van der Waals surface area contributed by atoms with Crippen LogP contribution in [0.3, 0.4) is 0 Å². The first-order chi connectivity index (χ1) is 7.66. The van der Waals surface area contributed by atoms with Gasteiger partial charge in [0.2, 0.25) is 0 Å². The van der Waals surface area contributed by atoms with Crippen molar-refractivity contribution in [2.24, 2.45) is 11.8 Å². The fourth-order valence-corrected chi connectivity index (χ4v) is 2.82. The van der Waals surface area contributed by atoms with Crippen LogP contribution >= 0.6 is 0 Å². The number of hydrogen-bond acceptors (Lipinski definition) is 3. The minimum atomic E-state index is 0.282. The highest BCUT2D eigenvalue weighted by Crippen LogP contribution is 2.27. The Balaban J connectivity index is 1.89. The van der Waals surface area contributed by atoms with Gasteiger partial charge in [0.15, 0.2) is 0 Å². The molecule has 1 aliphatic heterocycles. The summed E-state index contributed by atoms with van der Waals surface area (Å²) in [6.45, 7) is 8.03. The first kappa shape index (κ1) is 12.1. The van der Waals surface area contributed by atoms with Gasteiger partial charge < -0.3 is 4.74 Å². The van der Waals surface area contributed by atoms with Crippen LogP contribution in [0.25, 0.3) is 0 Å². The largest absolute Gasteiger partial charge is 0.379 e. The van der Waals surface area contributed by atoms with Crippen LogP contribution in [0.5, 0.6) is 0 Å². The lowest BCUT2D eigenvalue weighted by Crippen LogP contribution is -2.47. The van der Waals surface area contributed by atoms with Gasteiger partial charge in [-0.25, -0.2) is 0 Å². The first-order valence-corrected chi connectivity index (χ1v) is 6.51. The van der Waals surface area contributed by atoms with Crippen molar-refractivity contribution < 1.29 is 9.53 Å². The summed E-state index contributed by atoms with van der Waals surface area (Å²) in [4.78, 5) is 14.3. The number of hydrogen-bond donors (Lipinski definition) is 0. The van der Waals surface area contributed by atoms with Gasteiger partial charge in [0, 0.05) is 31.5 Å². The first-order valence-electron chi connectivity index (χ1n) is 6.51. The van der Waals surface area contributed by atoms with E-state index >= 15 is 0 Å². The molecule has 1 aliphatic carbocycles. The van der Waals surface area contributed by atoms with Gasteiger partial charge in [-0.1, -0.05) is 6.92 Å². The third-order valence-corrected chi connectivity index (χ3v) is 3.99. The molecule has 92 valence electrons. The maximum atomic E-state index is 11.9. The van der Waals surface area contributed by atoms with Gasteiger partial charge in [-0.2, -0.15) is 0 Å². The van der Waals surface area contributed by atoms with Crippen LogP contribution in [0.1, 0.15) is 33.1 Å². The Morgan fingerprint density at radius 3 is 3.00 bits per heavy atom. The van der Waals surface area contributed by atoms with Crippen LogP contribution in [0.2, 0.25) is 0 Å². The van der Waals surface area contributed by atoms with Crippen molar-refractivity contribution >= 4 is 5.78 Å². The van der Waals surface area contributed by atoms with Gasteiger partial charge in [0.1, 0.15) is 5.78 Å². The number of carbonyl (C=O) groups excluding carboxylic acids is 1. The van der Waals surface area contributed by atoms with E-state index in [-0.39, 0.29) is 5.92 Å². The Bertz CT molecular complexity index is 254. The molecule has 2 aliphatic rings. The molecule has 0 radical (unpaired) electrons. The molecule has 2 rings (SSSR count). The molecule has 1 saturated heterocycles. The zero-order chi connectivity index (χ0) is 11.5. The smallest absolute Gasteiger partial charge is 0.137 e. The normalized spacial score (nSPS) is 37.6. The van der Waals surface area contributed by atoms with E-state index < -0.39 is 0 Å². The van der Waals surface area contributed by atoms with Crippen molar-refractivity contribution in [3.63, 3.8) is 0 Å². The van der Waals surface area contributed by atoms with Gasteiger partial charge >= 0.3 is 0 Å². The summed E-state index contributed by atoms with van der Waals surface area (Å²) in [6, 6.07) is 0.471. The second-order valence-corrected chi connectivity index (χ2v) is 5.46. The van der Waals surface area contributed by atoms with Crippen LogP contribution in [0.4, 0.5) is 0 Å². The molecule has 2 fully saturated rings. The highest BCUT2D eigenvalue weighted by molar-refractivity contribution is 5.81. The van der Waals surface area contributed by atoms with Crippen molar-refractivity contribution in [2.75, 3.05) is 26.3 Å². The maximum absolute atomic E-state index is 11.9. The Labute approximate surface area is 98.1 Å². The van der Waals surface area contributed by atoms with Crippen molar-refractivity contribution in [3.8, 4) is 0 Å². The van der Waals surface area contributed by atoms with Gasteiger partial charge in [0.25, 0.3) is 0 Å². The van der Waals surface area contributed by atoms with E-state index in [0.717, 1.165) is 51.5 Å². The molecule has 3 atom stereocenters. The minimum Gasteiger partial charge on any atom is -0.379 e. The predicted molar refractivity (Wildman–Crippen MR) is 63.4 cm³/mol. The van der Waals surface area contributed by atoms with Crippen molar-refractivity contribution in [2.45, 2.75) is 39.2 Å². The van der Waals surface area contributed by atoms with Gasteiger partial charge in [-0.05, 0) is 25.7 Å². The molecule has 0 N–H and O–H groups in total. The lowest BCUT2D eigenvalue weighted by Gasteiger charge is -2.37. The molecule has 0 bridgehead atoms. The Kier molecular flexibility index (Phi) is 3.98. The van der Waals surface area contributed by atoms with Gasteiger partial charge in [-0.3, -0.25) is 9.69 Å². The maximum Gasteiger partial charge on any atom is 0.137 e. The zero-order valence-corrected chi connectivity index (χ0v) is 10.4. The molecular weight excluding hydrogens is 202 g/mol. The third-order valence-electron chi connectivity index (χ3n) is 3.99. The molecule has 1 saturated carbocycles. The SMILES string of the molecule is CC1CCC(=O)C(CN2CCOCC2C)C1. The number of morpholine rings is 1. The number of Topliss-reactive ketones (excluding diaryl/α,β-unsaturated/α-hetero) is 1. The number of ketones is 1. The van der Waals surface area contributed by atoms with E-state index in [2.05, 4.69) is 18.7 Å². The summed E-state index contributed by atoms with van der Waals surface area (Å²) in [5.41, 5.74) is 0. The molecular formula is C13H23NO2. The number of nitrogens with zero attached hydrogens (tertiary/aromatic N) is 1. The van der Waals surface area contributed by atoms with E-state index in [4.69, 9.17) is 4.74 Å². The topological polar surface area (TPSA) is 29.5 Å². The molecule has 0 amide bonds. The van der Waals surface area contributed by atoms with Crippen LogP contribution in [-0.2, 0) is 9.53 Å². The fourth-order valence-electron chi connectivity index (χ4n) is 2.82. The van der Waals surface area contributed by atoms with Gasteiger partial charge in [0.05, 0.1) is 13.2 Å². The van der Waals surface area contributed by atoms with Crippen LogP contribution in [0, 0.1) is 11.8 Å². The third kappa shape index (κ3) is 2.83. The highest BCUT2D eigenvalue weighted by atomic mass is 16.5. The number of ether oxygens (including phenoxy) is 1. The van der Waals surface area contributed by atoms with E-state index in [1.807, 2.05) is 0 Å². The van der Waals surface area contributed by atoms with Crippen molar-refractivity contribution in [3.05, 3.63) is 0 Å². The second-order valence-electron chi connectivity index (χ2n) is 5.46. The Hall–Kier alpha value is -0.410. The summed E-state index contributed by atoms with van der Waals surface area (Å²) in [6.07, 6.45) is 2.97. The quantitative estimate of drug-likeness (QED) is 0.716. The summed E-state index contributed by atoms with van der Waals surface area (Å²) < 4.78 is 5.42. The molecule has 0 aromatic rings. The zero-order valence-electron chi connectivity index (χ0n) is 10.4. The van der Waals surface area contributed by atoms with Crippen molar-refractivity contribution in [1.29, 1.82) is 0 Å². The van der Waals surface area contributed by atoms with Crippen LogP contribution in [-0.4, -0.2) is 43.0 Å². The average Bonchev–Trinajstić information content (AvgIpc) is 2.27. The monoisotopic (exact) mass is 225 g/mol. The van der Waals surface area contributed by atoms with Crippen LogP contribution < -0.4 is 0 Å². The summed E-state index contributed by atoms with van der Waals surface area (Å²) in [5, 5.41) is 0. The van der Waals surface area contributed by atoms with Gasteiger partial charge in [-0.15, -0.1) is 0 Å². The predicted octanol–water partition coefficient (Wildman–Crippen LogP) is 1.71. The molecule has 3 heteroatoms. The Morgan fingerprint density at radius 1 is 1.44 bits per heavy atom. The van der Waals surface area contributed by atoms with E-state index in [1.54, 1.807) is 0 Å². The lowest BCUT2D eigenvalue weighted by atomic mass is 9.81. The highest BCUT2D eigenvalue weighted by Gasteiger charge is 2.30. The summed E-state index contributed by atoms with van der Waals surface area (Å²) in [5.74, 6) is 1.49. The average molecular weight is 225 g/mol. The van der Waals surface area contributed by atoms with Crippen molar-refractivity contribution in [1.82, 2.24) is 4.90 Å². The van der Waals surface area contributed by atoms with Crippen LogP contribution in [0.15, 0.2) is 0 Å². The molecule has 0 aromatic carbocycles. The summed E-state index contributed by atoms with van der Waals surface area (Å²) in [7, 11) is 0. The number of rotatable bonds is 2. The van der Waals surface area contributed by atoms with E-state index in [9.17, 15) is 4.79 Å². The lowest BCUT2D eigenvalue weighted by molar-refractivity contribution is -0.127. The van der Waals surface area contributed by atoms with E-state index in [1.165, 1.54) is 0 Å². The molecule has 3 nitrogen and oxygen atoms in total. The molecule has 0 spiro atoms. The van der Waals surface area contributed by atoms with E-state index in [0.29, 0.717) is 11.8 Å². The number of carbonyl (C=O) groups is 1. The standard InChI is InChI=1S/C13H23NO2/c1-10-3-4-13(15)12(7-10)8-14-5-6-16-9-11(14)2/h10-12H,3-9H2,1-2H3. The second kappa shape index (κ2) is 5.28. The Morgan fingerprint density at radius 2 is 2.25 bits per heavy atom. The minimum absolute atomic E-state index is 0.282. The summed E-state index contributed by atoms with van der Waals surface area (Å²) >= 11 is 0. The molecule has 0 aromatic heterocycles. The molecule has 3 unspecified atom stereocenters. The molecule has 16 heavy (non-hydrogen) atoms. The molecule has 1 heterocycles. The fraction of sp³-hybridized carbons (Fsp3) is 0.923.